The summed E-state index contributed by atoms with van der Waals surface area (Å²) in [6.45, 7) is 11.1. The van der Waals surface area contributed by atoms with Crippen molar-refractivity contribution in [3.05, 3.63) is 0 Å². The van der Waals surface area contributed by atoms with Crippen LogP contribution in [0, 0.1) is 23.7 Å². The van der Waals surface area contributed by atoms with Gasteiger partial charge in [-0.05, 0) is 82.5 Å². The van der Waals surface area contributed by atoms with E-state index in [0.717, 1.165) is 23.7 Å². The summed E-state index contributed by atoms with van der Waals surface area (Å²) in [6, 6.07) is 1.37. The molecule has 3 aliphatic heterocycles. The fourth-order valence-electron chi connectivity index (χ4n) is 6.23. The lowest BCUT2D eigenvalue weighted by Gasteiger charge is -2.39. The molecule has 27 heavy (non-hydrogen) atoms. The molecule has 1 aliphatic carbocycles. The number of piperidine rings is 1. The molecule has 0 aromatic carbocycles. The van der Waals surface area contributed by atoms with Gasteiger partial charge < -0.3 is 15.1 Å². The number of hydrogen-bond acceptors (Lipinski definition) is 5. The lowest BCUT2D eigenvalue weighted by molar-refractivity contribution is 0.129. The zero-order valence-electron chi connectivity index (χ0n) is 17.8. The Bertz CT molecular complexity index is 436. The summed E-state index contributed by atoms with van der Waals surface area (Å²) < 4.78 is 0. The lowest BCUT2D eigenvalue weighted by Crippen LogP contribution is -2.47. The van der Waals surface area contributed by atoms with Crippen molar-refractivity contribution in [2.24, 2.45) is 23.7 Å². The van der Waals surface area contributed by atoms with Gasteiger partial charge in [-0.25, -0.2) is 0 Å². The van der Waals surface area contributed by atoms with Crippen LogP contribution in [-0.4, -0.2) is 74.7 Å². The normalized spacial score (nSPS) is 40.4. The smallest absolute Gasteiger partial charge is 0.0287 e. The van der Waals surface area contributed by atoms with Crippen LogP contribution in [0.1, 0.15) is 51.9 Å². The summed E-state index contributed by atoms with van der Waals surface area (Å²) in [5.74, 6) is 3.57. The van der Waals surface area contributed by atoms with E-state index in [0.29, 0.717) is 12.1 Å². The first-order chi connectivity index (χ1) is 13.2. The summed E-state index contributed by atoms with van der Waals surface area (Å²) in [5.41, 5.74) is 7.64. The van der Waals surface area contributed by atoms with Gasteiger partial charge >= 0.3 is 0 Å². The summed E-state index contributed by atoms with van der Waals surface area (Å²) in [7, 11) is 2.25. The number of likely N-dealkylation sites (N-methyl/N-ethyl adjacent to an activating group) is 1. The Morgan fingerprint density at radius 1 is 0.815 bits per heavy atom. The van der Waals surface area contributed by atoms with Crippen molar-refractivity contribution < 1.29 is 0 Å². The molecule has 4 rings (SSSR count). The molecule has 0 aromatic rings. The van der Waals surface area contributed by atoms with Crippen LogP contribution in [-0.2, 0) is 0 Å². The Kier molecular flexibility index (Phi) is 7.09. The quantitative estimate of drug-likeness (QED) is 0.683. The fraction of sp³-hybridized carbons (Fsp3) is 1.00. The molecular weight excluding hydrogens is 334 g/mol. The molecule has 0 amide bonds. The van der Waals surface area contributed by atoms with Crippen molar-refractivity contribution in [2.75, 3.05) is 52.9 Å². The highest BCUT2D eigenvalue weighted by molar-refractivity contribution is 4.99. The van der Waals surface area contributed by atoms with Crippen molar-refractivity contribution in [1.82, 2.24) is 26.0 Å². The Morgan fingerprint density at radius 2 is 1.52 bits per heavy atom. The summed E-state index contributed by atoms with van der Waals surface area (Å²) in [4.78, 5) is 5.15. The zero-order chi connectivity index (χ0) is 18.6. The molecule has 3 N–H and O–H groups in total. The van der Waals surface area contributed by atoms with Crippen LogP contribution < -0.4 is 16.2 Å². The van der Waals surface area contributed by atoms with E-state index in [4.69, 9.17) is 0 Å². The Morgan fingerprint density at radius 3 is 2.22 bits per heavy atom. The Hall–Kier alpha value is -0.200. The van der Waals surface area contributed by atoms with Gasteiger partial charge in [0.1, 0.15) is 0 Å². The highest BCUT2D eigenvalue weighted by atomic mass is 15.4. The second-order valence-electron chi connectivity index (χ2n) is 10.0. The Labute approximate surface area is 167 Å². The van der Waals surface area contributed by atoms with Gasteiger partial charge in [0.2, 0.25) is 0 Å². The van der Waals surface area contributed by atoms with Crippen LogP contribution in [0.2, 0.25) is 0 Å². The lowest BCUT2D eigenvalue weighted by atomic mass is 9.69. The van der Waals surface area contributed by atoms with E-state index < -0.39 is 0 Å². The van der Waals surface area contributed by atoms with E-state index in [9.17, 15) is 0 Å². The third-order valence-electron chi connectivity index (χ3n) is 8.16. The maximum atomic E-state index is 3.84. The number of hydrogen-bond donors (Lipinski definition) is 3. The van der Waals surface area contributed by atoms with Crippen LogP contribution in [0.5, 0.6) is 0 Å². The van der Waals surface area contributed by atoms with Gasteiger partial charge in [0.25, 0.3) is 0 Å². The molecule has 5 nitrogen and oxygen atoms in total. The van der Waals surface area contributed by atoms with Gasteiger partial charge in [0.05, 0.1) is 0 Å². The fourth-order valence-corrected chi connectivity index (χ4v) is 6.23. The van der Waals surface area contributed by atoms with E-state index in [1.807, 2.05) is 0 Å². The highest BCUT2D eigenvalue weighted by Gasteiger charge is 2.44. The molecule has 4 fully saturated rings. The first-order valence-electron chi connectivity index (χ1n) is 11.8. The van der Waals surface area contributed by atoms with E-state index in [1.54, 1.807) is 0 Å². The summed E-state index contributed by atoms with van der Waals surface area (Å²) >= 11 is 0. The van der Waals surface area contributed by atoms with E-state index in [2.05, 4.69) is 39.9 Å². The molecule has 0 bridgehead atoms. The SMILES string of the molecule is CC1CCC(C2NNC(CCN3CCN(C)CC3)C2C2CCNCC2)CC1. The number of hydrazine groups is 1. The minimum atomic E-state index is 0.664. The first kappa shape index (κ1) is 20.1. The monoisotopic (exact) mass is 377 g/mol. The number of nitrogens with zero attached hydrogens (tertiary/aromatic N) is 2. The number of rotatable bonds is 5. The van der Waals surface area contributed by atoms with Gasteiger partial charge in [-0.3, -0.25) is 10.9 Å². The minimum absolute atomic E-state index is 0.664. The van der Waals surface area contributed by atoms with Crippen LogP contribution in [0.15, 0.2) is 0 Å². The van der Waals surface area contributed by atoms with Crippen LogP contribution >= 0.6 is 0 Å². The second-order valence-corrected chi connectivity index (χ2v) is 10.0. The zero-order valence-corrected chi connectivity index (χ0v) is 17.8. The van der Waals surface area contributed by atoms with Crippen molar-refractivity contribution in [3.63, 3.8) is 0 Å². The molecule has 5 heteroatoms. The number of nitrogens with one attached hydrogen (secondary N) is 3. The highest BCUT2D eigenvalue weighted by Crippen LogP contribution is 2.40. The number of piperazine rings is 1. The third kappa shape index (κ3) is 5.05. The molecule has 0 spiro atoms. The minimum Gasteiger partial charge on any atom is -0.317 e. The maximum Gasteiger partial charge on any atom is 0.0287 e. The summed E-state index contributed by atoms with van der Waals surface area (Å²) in [6.07, 6.45) is 9.81. The molecule has 156 valence electrons. The van der Waals surface area contributed by atoms with E-state index >= 15 is 0 Å². The molecule has 4 aliphatic rings. The predicted octanol–water partition coefficient (Wildman–Crippen LogP) is 1.91. The first-order valence-corrected chi connectivity index (χ1v) is 11.8. The van der Waals surface area contributed by atoms with Crippen LogP contribution in [0.3, 0.4) is 0 Å². The molecule has 3 saturated heterocycles. The topological polar surface area (TPSA) is 42.6 Å². The standard InChI is InChI=1S/C22H43N5/c1-17-3-5-19(6-4-17)22-21(18-7-10-23-11-8-18)20(24-25-22)9-12-27-15-13-26(2)14-16-27/h17-25H,3-16H2,1-2H3. The molecule has 1 saturated carbocycles. The molecule has 3 atom stereocenters. The van der Waals surface area contributed by atoms with Gasteiger partial charge in [0, 0.05) is 38.3 Å². The summed E-state index contributed by atoms with van der Waals surface area (Å²) in [5, 5.41) is 3.59. The van der Waals surface area contributed by atoms with Gasteiger partial charge in [-0.15, -0.1) is 0 Å². The van der Waals surface area contributed by atoms with Crippen molar-refractivity contribution >= 4 is 0 Å². The third-order valence-corrected chi connectivity index (χ3v) is 8.16. The van der Waals surface area contributed by atoms with E-state index in [1.165, 1.54) is 90.8 Å². The second kappa shape index (κ2) is 9.53. The molecule has 3 heterocycles. The van der Waals surface area contributed by atoms with Crippen molar-refractivity contribution in [2.45, 2.75) is 64.0 Å². The molecular formula is C22H43N5. The van der Waals surface area contributed by atoms with Gasteiger partial charge in [0.15, 0.2) is 0 Å². The predicted molar refractivity (Wildman–Crippen MR) is 113 cm³/mol. The van der Waals surface area contributed by atoms with E-state index in [-0.39, 0.29) is 0 Å². The van der Waals surface area contributed by atoms with Crippen molar-refractivity contribution in [1.29, 1.82) is 0 Å². The average molecular weight is 378 g/mol. The van der Waals surface area contributed by atoms with Crippen LogP contribution in [0.4, 0.5) is 0 Å². The molecule has 0 aromatic heterocycles. The average Bonchev–Trinajstić information content (AvgIpc) is 3.13. The largest absolute Gasteiger partial charge is 0.317 e. The van der Waals surface area contributed by atoms with Gasteiger partial charge in [-0.1, -0.05) is 19.8 Å². The molecule has 0 radical (unpaired) electrons. The van der Waals surface area contributed by atoms with Crippen LogP contribution in [0.25, 0.3) is 0 Å². The van der Waals surface area contributed by atoms with Crippen molar-refractivity contribution in [3.8, 4) is 0 Å². The molecule has 3 unspecified atom stereocenters. The maximum absolute atomic E-state index is 3.84. The van der Waals surface area contributed by atoms with Gasteiger partial charge in [-0.2, -0.15) is 0 Å². The Balaban J connectivity index is 1.37.